The maximum absolute atomic E-state index is 14.5. The number of ether oxygens (including phenoxy) is 5. The van der Waals surface area contributed by atoms with Gasteiger partial charge in [-0.1, -0.05) is 13.0 Å². The third-order valence-corrected chi connectivity index (χ3v) is 15.4. The maximum Gasteiger partial charge on any atom is 0.338 e. The molecule has 2 bridgehead atoms. The highest BCUT2D eigenvalue weighted by atomic mass is 16.7. The number of hydrogen-bond donors (Lipinski definition) is 3. The van der Waals surface area contributed by atoms with Crippen molar-refractivity contribution < 1.29 is 67.8 Å². The Morgan fingerprint density at radius 1 is 0.811 bits per heavy atom. The molecule has 280 valence electrons. The normalized spacial score (nSPS) is 50.5. The van der Waals surface area contributed by atoms with E-state index in [9.17, 15) is 44.1 Å². The Labute approximate surface area is 303 Å². The number of carbonyl (C=O) groups excluding carboxylic acids is 6. The number of rotatable bonds is 0. The van der Waals surface area contributed by atoms with Gasteiger partial charge in [0, 0.05) is 29.1 Å². The second kappa shape index (κ2) is 9.74. The van der Waals surface area contributed by atoms with Crippen molar-refractivity contribution in [1.82, 2.24) is 0 Å². The first-order valence-electron chi connectivity index (χ1n) is 18.4. The van der Waals surface area contributed by atoms with Crippen molar-refractivity contribution in [2.75, 3.05) is 19.8 Å². The summed E-state index contributed by atoms with van der Waals surface area (Å²) in [4.78, 5) is 80.6. The largest absolute Gasteiger partial charge is 0.461 e. The van der Waals surface area contributed by atoms with Gasteiger partial charge in [-0.05, 0) is 85.8 Å². The van der Waals surface area contributed by atoms with Crippen LogP contribution in [0.3, 0.4) is 0 Å². The fraction of sp³-hybridized carbons (Fsp3) is 0.641. The zero-order chi connectivity index (χ0) is 37.6. The Hall–Kier alpha value is -4.14. The van der Waals surface area contributed by atoms with Crippen molar-refractivity contribution in [1.29, 1.82) is 0 Å². The lowest BCUT2D eigenvalue weighted by molar-refractivity contribution is -0.248. The van der Waals surface area contributed by atoms with Gasteiger partial charge in [-0.2, -0.15) is 0 Å². The number of cyclic esters (lactones) is 3. The molecule has 10 rings (SSSR count). The van der Waals surface area contributed by atoms with Gasteiger partial charge in [-0.3, -0.25) is 14.4 Å². The van der Waals surface area contributed by atoms with Crippen LogP contribution >= 0.6 is 0 Å². The SMILES string of the molecule is CC1=CC(=O)OC[C@]2(O)[C@H]3C[C@H]3[C@]3(C)[C@@H]4C=C5[C@H]6C[C@H]6[C@]6(C)C(=O)[C@@]7(O)OC(=O)C(C)=C7[C@H]([C@@]47OC(=O)C(=C7C[C@@H]23)COC(=O)CCC(=O)OC1)[C@]56O. The monoisotopic (exact) mass is 732 g/mol. The quantitative estimate of drug-likeness (QED) is 0.181. The summed E-state index contributed by atoms with van der Waals surface area (Å²) < 4.78 is 28.6. The molecule has 14 nitrogen and oxygen atoms in total. The molecule has 10 aliphatic rings. The van der Waals surface area contributed by atoms with Gasteiger partial charge in [0.2, 0.25) is 5.78 Å². The summed E-state index contributed by atoms with van der Waals surface area (Å²) in [7, 11) is 0. The highest BCUT2D eigenvalue weighted by Gasteiger charge is 2.90. The molecular formula is C39H40O14. The van der Waals surface area contributed by atoms with E-state index >= 15 is 0 Å². The minimum atomic E-state index is -2.73. The summed E-state index contributed by atoms with van der Waals surface area (Å²) >= 11 is 0. The third-order valence-electron chi connectivity index (χ3n) is 15.4. The molecular weight excluding hydrogens is 692 g/mol. The molecule has 0 amide bonds. The number of Topliss-reactive ketones (excluding diaryl/α,β-unsaturated/α-hetero) is 1. The molecule has 7 aliphatic carbocycles. The predicted molar refractivity (Wildman–Crippen MR) is 173 cm³/mol. The molecule has 3 aliphatic heterocycles. The summed E-state index contributed by atoms with van der Waals surface area (Å²) in [5, 5.41) is 38.3. The summed E-state index contributed by atoms with van der Waals surface area (Å²) in [6, 6.07) is 0. The molecule has 0 aromatic rings. The van der Waals surface area contributed by atoms with Gasteiger partial charge in [0.05, 0.1) is 29.7 Å². The molecule has 53 heavy (non-hydrogen) atoms. The lowest BCUT2D eigenvalue weighted by Crippen LogP contribution is -2.77. The first-order valence-corrected chi connectivity index (χ1v) is 18.4. The first-order chi connectivity index (χ1) is 24.9. The fourth-order valence-electron chi connectivity index (χ4n) is 13.0. The molecule has 0 saturated heterocycles. The molecule has 6 fully saturated rings. The number of hydrogen-bond acceptors (Lipinski definition) is 14. The predicted octanol–water partition coefficient (Wildman–Crippen LogP) is 1.06. The number of ketones is 1. The van der Waals surface area contributed by atoms with Crippen LogP contribution in [0.25, 0.3) is 0 Å². The summed E-state index contributed by atoms with van der Waals surface area (Å²) in [5.74, 6) is -11.4. The van der Waals surface area contributed by atoms with Gasteiger partial charge >= 0.3 is 29.8 Å². The summed E-state index contributed by atoms with van der Waals surface area (Å²) in [5.41, 5.74) is -6.83. The summed E-state index contributed by atoms with van der Waals surface area (Å²) in [6.07, 6.45) is 3.54. The maximum atomic E-state index is 14.5. The minimum absolute atomic E-state index is 0.0132. The van der Waals surface area contributed by atoms with Crippen LogP contribution in [0.15, 0.2) is 45.6 Å². The Morgan fingerprint density at radius 3 is 2.23 bits per heavy atom. The average Bonchev–Trinajstić information content (AvgIpc) is 4.01. The van der Waals surface area contributed by atoms with Crippen LogP contribution in [-0.4, -0.2) is 93.4 Å². The van der Waals surface area contributed by atoms with Crippen LogP contribution < -0.4 is 0 Å². The molecule has 1 spiro atoms. The topological polar surface area (TPSA) is 209 Å². The Kier molecular flexibility index (Phi) is 6.15. The van der Waals surface area contributed by atoms with Crippen LogP contribution in [0.4, 0.5) is 0 Å². The first kappa shape index (κ1) is 33.4. The molecule has 3 N–H and O–H groups in total. The average molecular weight is 733 g/mol. The minimum Gasteiger partial charge on any atom is -0.461 e. The van der Waals surface area contributed by atoms with Crippen LogP contribution in [0.1, 0.15) is 59.8 Å². The highest BCUT2D eigenvalue weighted by molar-refractivity contribution is 6.07. The van der Waals surface area contributed by atoms with Crippen LogP contribution in [0.5, 0.6) is 0 Å². The third kappa shape index (κ3) is 3.57. The van der Waals surface area contributed by atoms with E-state index in [1.165, 1.54) is 13.0 Å². The van der Waals surface area contributed by atoms with Crippen molar-refractivity contribution in [3.05, 3.63) is 45.6 Å². The number of esters is 5. The molecule has 6 saturated carbocycles. The van der Waals surface area contributed by atoms with E-state index in [0.29, 0.717) is 29.6 Å². The zero-order valence-corrected chi connectivity index (χ0v) is 29.7. The van der Waals surface area contributed by atoms with Crippen LogP contribution in [0.2, 0.25) is 0 Å². The molecule has 3 heterocycles. The smallest absolute Gasteiger partial charge is 0.338 e. The van der Waals surface area contributed by atoms with E-state index in [1.54, 1.807) is 13.8 Å². The number of fused-ring (bicyclic) bond motifs is 9. The second-order valence-corrected chi connectivity index (χ2v) is 17.5. The molecule has 0 aromatic heterocycles. The second-order valence-electron chi connectivity index (χ2n) is 17.5. The van der Waals surface area contributed by atoms with Crippen LogP contribution in [0, 0.1) is 52.3 Å². The van der Waals surface area contributed by atoms with Crippen molar-refractivity contribution in [2.24, 2.45) is 52.3 Å². The fourth-order valence-corrected chi connectivity index (χ4v) is 13.0. The van der Waals surface area contributed by atoms with Gasteiger partial charge in [-0.15, -0.1) is 0 Å². The van der Waals surface area contributed by atoms with E-state index in [4.69, 9.17) is 23.7 Å². The lowest BCUT2D eigenvalue weighted by atomic mass is 9.39. The molecule has 14 heteroatoms. The van der Waals surface area contributed by atoms with Gasteiger partial charge < -0.3 is 39.0 Å². The van der Waals surface area contributed by atoms with E-state index in [1.807, 2.05) is 13.0 Å². The number of carbonyl (C=O) groups is 6. The summed E-state index contributed by atoms with van der Waals surface area (Å²) in [6.45, 7) is 5.47. The van der Waals surface area contributed by atoms with E-state index in [2.05, 4.69) is 0 Å². The van der Waals surface area contributed by atoms with Crippen LogP contribution in [-0.2, 0) is 52.5 Å². The van der Waals surface area contributed by atoms with Crippen molar-refractivity contribution >= 4 is 35.6 Å². The highest BCUT2D eigenvalue weighted by Crippen LogP contribution is 2.84. The lowest BCUT2D eigenvalue weighted by Gasteiger charge is -2.66. The van der Waals surface area contributed by atoms with Crippen molar-refractivity contribution in [3.8, 4) is 0 Å². The van der Waals surface area contributed by atoms with Crippen molar-refractivity contribution in [3.63, 3.8) is 0 Å². The molecule has 0 aromatic carbocycles. The van der Waals surface area contributed by atoms with E-state index in [-0.39, 0.29) is 72.9 Å². The Morgan fingerprint density at radius 2 is 1.51 bits per heavy atom. The standard InChI is InChI=1S/C39H40O14/c1-15-7-28(42)51-14-36(46)23-9-22(23)34(3)24(36)10-20-18(13-50-27(41)6-5-26(40)49-12-15)32(44)52-37(20)25(34)11-21-17-8-19(17)35(4)33(45)39(48)29(16(2)31(43)53-39)30(37)38(21,35)47/h7,11,17,19,22-25,30,46-48H,5-6,8-10,12-14H2,1-4H3/t17-,19+,22+,23-,24+,25-,30+,34-,35+,36-,37-,38+,39-/m0/s1. The van der Waals surface area contributed by atoms with E-state index in [0.717, 1.165) is 0 Å². The van der Waals surface area contributed by atoms with E-state index < -0.39 is 93.4 Å². The van der Waals surface area contributed by atoms with Crippen molar-refractivity contribution in [2.45, 2.75) is 82.4 Å². The molecule has 0 radical (unpaired) electrons. The molecule has 13 atom stereocenters. The van der Waals surface area contributed by atoms with Gasteiger partial charge in [0.1, 0.15) is 31.0 Å². The molecule has 0 unspecified atom stereocenters. The zero-order valence-electron chi connectivity index (χ0n) is 29.7. The Balaban J connectivity index is 1.21. The van der Waals surface area contributed by atoms with Gasteiger partial charge in [0.15, 0.2) is 5.60 Å². The van der Waals surface area contributed by atoms with Gasteiger partial charge in [-0.25, -0.2) is 14.4 Å². The Bertz CT molecular complexity index is 2060. The number of aliphatic hydroxyl groups is 3. The van der Waals surface area contributed by atoms with Gasteiger partial charge in [0.25, 0.3) is 5.79 Å².